The van der Waals surface area contributed by atoms with Gasteiger partial charge in [-0.15, -0.1) is 0 Å². The fourth-order valence-electron chi connectivity index (χ4n) is 2.30. The Morgan fingerprint density at radius 2 is 2.14 bits per heavy atom. The predicted molar refractivity (Wildman–Crippen MR) is 81.1 cm³/mol. The lowest BCUT2D eigenvalue weighted by atomic mass is 10.00. The van der Waals surface area contributed by atoms with Crippen molar-refractivity contribution < 1.29 is 9.59 Å². The van der Waals surface area contributed by atoms with E-state index in [1.165, 1.54) is 4.90 Å². The third-order valence-electron chi connectivity index (χ3n) is 3.27. The quantitative estimate of drug-likeness (QED) is 0.868. The number of aromatic amines is 1. The zero-order valence-corrected chi connectivity index (χ0v) is 12.3. The molecule has 1 aromatic heterocycles. The van der Waals surface area contributed by atoms with Gasteiger partial charge in [0.15, 0.2) is 0 Å². The van der Waals surface area contributed by atoms with Gasteiger partial charge in [0.1, 0.15) is 0 Å². The first-order valence-electron chi connectivity index (χ1n) is 7.18. The summed E-state index contributed by atoms with van der Waals surface area (Å²) in [6, 6.07) is 0. The number of rotatable bonds is 3. The second-order valence-electron chi connectivity index (χ2n) is 4.49. The number of amides is 2. The molecule has 0 spiro atoms. The third-order valence-corrected chi connectivity index (χ3v) is 3.27. The van der Waals surface area contributed by atoms with Crippen LogP contribution in [0.3, 0.4) is 0 Å². The molecule has 2 heterocycles. The minimum absolute atomic E-state index is 0.152. The van der Waals surface area contributed by atoms with Crippen molar-refractivity contribution in [2.45, 2.75) is 26.7 Å². The summed E-state index contributed by atoms with van der Waals surface area (Å²) in [5, 5.41) is 6.52. The summed E-state index contributed by atoms with van der Waals surface area (Å²) in [6.45, 7) is 4.30. The lowest BCUT2D eigenvalue weighted by Crippen LogP contribution is -2.31. The van der Waals surface area contributed by atoms with Gasteiger partial charge in [0.2, 0.25) is 0 Å². The number of H-pyrrole nitrogens is 1. The second-order valence-corrected chi connectivity index (χ2v) is 4.49. The number of allylic oxidation sites excluding steroid dienone is 1. The summed E-state index contributed by atoms with van der Waals surface area (Å²) in [5.41, 5.74) is 2.13. The number of hydrogen-bond donors (Lipinski definition) is 1. The van der Waals surface area contributed by atoms with E-state index in [0.29, 0.717) is 24.1 Å². The molecule has 0 aromatic carbocycles. The Kier molecular flexibility index (Phi) is 4.87. The predicted octanol–water partition coefficient (Wildman–Crippen LogP) is 2.46. The number of hydrogen-bond acceptors (Lipinski definition) is 3. The van der Waals surface area contributed by atoms with Crippen molar-refractivity contribution in [1.29, 1.82) is 0 Å². The molecule has 0 atom stereocenters. The van der Waals surface area contributed by atoms with Crippen LogP contribution in [-0.2, 0) is 9.59 Å². The van der Waals surface area contributed by atoms with E-state index in [1.807, 2.05) is 26.0 Å². The summed E-state index contributed by atoms with van der Waals surface area (Å²) in [5.74, 6) is -0.339. The molecule has 1 aliphatic carbocycles. The minimum atomic E-state index is -0.187. The molecule has 0 saturated carbocycles. The molecule has 5 heteroatoms. The highest BCUT2D eigenvalue weighted by molar-refractivity contribution is 6.21. The fourth-order valence-corrected chi connectivity index (χ4v) is 2.30. The van der Waals surface area contributed by atoms with Crippen LogP contribution in [0.2, 0.25) is 0 Å². The molecule has 0 unspecified atom stereocenters. The minimum Gasteiger partial charge on any atom is -0.285 e. The van der Waals surface area contributed by atoms with Crippen molar-refractivity contribution in [3.63, 3.8) is 0 Å². The standard InChI is InChI=1S/C14H13N3O2.C2H6/c18-13-11-5-1-2-6-12(11)14(19)17(13)7-3-4-10-8-15-16-9-10;1-2/h1,3-5,8-9H,2,6-7H2,(H,15,16);1-2H3/b4-3+;. The van der Waals surface area contributed by atoms with Gasteiger partial charge in [-0.3, -0.25) is 19.6 Å². The Labute approximate surface area is 124 Å². The average Bonchev–Trinajstić information content (AvgIpc) is 3.13. The van der Waals surface area contributed by atoms with Crippen molar-refractivity contribution in [2.24, 2.45) is 0 Å². The number of aromatic nitrogens is 2. The number of imide groups is 1. The molecule has 1 aromatic rings. The van der Waals surface area contributed by atoms with Crippen molar-refractivity contribution in [3.8, 4) is 0 Å². The van der Waals surface area contributed by atoms with Crippen LogP contribution in [0.25, 0.3) is 6.08 Å². The van der Waals surface area contributed by atoms with Crippen molar-refractivity contribution in [1.82, 2.24) is 15.1 Å². The third kappa shape index (κ3) is 3.02. The number of nitrogens with one attached hydrogen (secondary N) is 1. The highest BCUT2D eigenvalue weighted by atomic mass is 16.2. The van der Waals surface area contributed by atoms with E-state index in [9.17, 15) is 9.59 Å². The molecule has 2 aliphatic rings. The summed E-state index contributed by atoms with van der Waals surface area (Å²) in [4.78, 5) is 25.5. The molecule has 110 valence electrons. The van der Waals surface area contributed by atoms with Crippen molar-refractivity contribution in [3.05, 3.63) is 47.3 Å². The number of nitrogens with zero attached hydrogens (tertiary/aromatic N) is 2. The van der Waals surface area contributed by atoms with E-state index < -0.39 is 0 Å². The molecular weight excluding hydrogens is 266 g/mol. The SMILES string of the molecule is CC.O=C1C2=C(CCC=C2)C(=O)N1C/C=C/c1cn[nH]c1. The molecule has 21 heavy (non-hydrogen) atoms. The molecule has 2 amide bonds. The lowest BCUT2D eigenvalue weighted by Gasteiger charge is -2.11. The maximum Gasteiger partial charge on any atom is 0.261 e. The first kappa shape index (κ1) is 15.0. The zero-order valence-electron chi connectivity index (χ0n) is 12.3. The molecule has 0 bridgehead atoms. The van der Waals surface area contributed by atoms with Crippen molar-refractivity contribution >= 4 is 17.9 Å². The van der Waals surface area contributed by atoms with Crippen LogP contribution in [0.5, 0.6) is 0 Å². The first-order valence-corrected chi connectivity index (χ1v) is 7.18. The summed E-state index contributed by atoms with van der Waals surface area (Å²) in [6.07, 6.45) is 12.2. The van der Waals surface area contributed by atoms with Gasteiger partial charge in [0, 0.05) is 29.5 Å². The highest BCUT2D eigenvalue weighted by Gasteiger charge is 2.36. The maximum atomic E-state index is 12.1. The van der Waals surface area contributed by atoms with Gasteiger partial charge in [0.25, 0.3) is 11.8 Å². The molecule has 0 radical (unpaired) electrons. The molecular formula is C16H19N3O2. The van der Waals surface area contributed by atoms with E-state index in [-0.39, 0.29) is 11.8 Å². The van der Waals surface area contributed by atoms with E-state index in [0.717, 1.165) is 12.0 Å². The van der Waals surface area contributed by atoms with Gasteiger partial charge in [-0.05, 0) is 12.8 Å². The second kappa shape index (κ2) is 6.83. The largest absolute Gasteiger partial charge is 0.285 e. The van der Waals surface area contributed by atoms with E-state index in [2.05, 4.69) is 10.2 Å². The van der Waals surface area contributed by atoms with Crippen LogP contribution in [-0.4, -0.2) is 33.5 Å². The Balaban J connectivity index is 0.000000774. The molecule has 0 saturated heterocycles. The maximum absolute atomic E-state index is 12.1. The molecule has 3 rings (SSSR count). The normalized spacial score (nSPS) is 17.3. The van der Waals surface area contributed by atoms with Crippen LogP contribution in [0, 0.1) is 0 Å². The van der Waals surface area contributed by atoms with Gasteiger partial charge in [-0.2, -0.15) is 5.10 Å². The summed E-state index contributed by atoms with van der Waals surface area (Å²) >= 11 is 0. The Morgan fingerprint density at radius 3 is 2.81 bits per heavy atom. The van der Waals surface area contributed by atoms with E-state index in [1.54, 1.807) is 24.5 Å². The number of carbonyl (C=O) groups excluding carboxylic acids is 2. The van der Waals surface area contributed by atoms with Gasteiger partial charge >= 0.3 is 0 Å². The Bertz CT molecular complexity index is 609. The van der Waals surface area contributed by atoms with Crippen LogP contribution >= 0.6 is 0 Å². The lowest BCUT2D eigenvalue weighted by molar-refractivity contribution is -0.136. The smallest absolute Gasteiger partial charge is 0.261 e. The summed E-state index contributed by atoms with van der Waals surface area (Å²) < 4.78 is 0. The highest BCUT2D eigenvalue weighted by Crippen LogP contribution is 2.28. The topological polar surface area (TPSA) is 66.1 Å². The summed E-state index contributed by atoms with van der Waals surface area (Å²) in [7, 11) is 0. The molecule has 5 nitrogen and oxygen atoms in total. The van der Waals surface area contributed by atoms with Crippen LogP contribution in [0.15, 0.2) is 41.8 Å². The van der Waals surface area contributed by atoms with E-state index >= 15 is 0 Å². The average molecular weight is 285 g/mol. The fraction of sp³-hybridized carbons (Fsp3) is 0.312. The van der Waals surface area contributed by atoms with Gasteiger partial charge in [0.05, 0.1) is 6.20 Å². The van der Waals surface area contributed by atoms with Crippen LogP contribution in [0.1, 0.15) is 32.3 Å². The van der Waals surface area contributed by atoms with E-state index in [4.69, 9.17) is 0 Å². The zero-order chi connectivity index (χ0) is 15.2. The first-order chi connectivity index (χ1) is 10.3. The monoisotopic (exact) mass is 285 g/mol. The molecule has 0 fully saturated rings. The van der Waals surface area contributed by atoms with Crippen molar-refractivity contribution in [2.75, 3.05) is 6.54 Å². The van der Waals surface area contributed by atoms with Gasteiger partial charge in [-0.25, -0.2) is 0 Å². The van der Waals surface area contributed by atoms with Crippen LogP contribution in [0.4, 0.5) is 0 Å². The van der Waals surface area contributed by atoms with Gasteiger partial charge in [-0.1, -0.05) is 38.2 Å². The Morgan fingerprint density at radius 1 is 1.33 bits per heavy atom. The molecule has 1 aliphatic heterocycles. The molecule has 1 N–H and O–H groups in total. The number of carbonyl (C=O) groups is 2. The van der Waals surface area contributed by atoms with Crippen LogP contribution < -0.4 is 0 Å². The Hall–Kier alpha value is -2.43. The van der Waals surface area contributed by atoms with Gasteiger partial charge < -0.3 is 0 Å².